The molecular formula is C16H33NO. The summed E-state index contributed by atoms with van der Waals surface area (Å²) in [5.41, 5.74) is 0.582. The number of rotatable bonds is 8. The van der Waals surface area contributed by atoms with Gasteiger partial charge in [-0.1, -0.05) is 20.8 Å². The molecule has 0 heterocycles. The van der Waals surface area contributed by atoms with E-state index in [4.69, 9.17) is 4.74 Å². The van der Waals surface area contributed by atoms with Crippen molar-refractivity contribution < 1.29 is 4.74 Å². The summed E-state index contributed by atoms with van der Waals surface area (Å²) in [6.07, 6.45) is 9.30. The van der Waals surface area contributed by atoms with E-state index in [0.717, 1.165) is 25.1 Å². The molecular weight excluding hydrogens is 222 g/mol. The number of nitrogens with one attached hydrogen (secondary N) is 1. The first-order valence-electron chi connectivity index (χ1n) is 7.81. The molecule has 1 unspecified atom stereocenters. The van der Waals surface area contributed by atoms with Gasteiger partial charge in [-0.25, -0.2) is 0 Å². The lowest BCUT2D eigenvalue weighted by atomic mass is 9.70. The van der Waals surface area contributed by atoms with Crippen LogP contribution in [0.1, 0.15) is 65.7 Å². The topological polar surface area (TPSA) is 21.3 Å². The molecule has 0 amide bonds. The van der Waals surface area contributed by atoms with Crippen molar-refractivity contribution in [3.63, 3.8) is 0 Å². The van der Waals surface area contributed by atoms with E-state index < -0.39 is 0 Å². The Balaban J connectivity index is 2.38. The van der Waals surface area contributed by atoms with Crippen LogP contribution in [-0.2, 0) is 4.74 Å². The molecule has 1 aliphatic carbocycles. The third-order valence-electron chi connectivity index (χ3n) is 4.47. The monoisotopic (exact) mass is 255 g/mol. The van der Waals surface area contributed by atoms with Gasteiger partial charge in [-0.2, -0.15) is 0 Å². The zero-order chi connectivity index (χ0) is 13.4. The first-order chi connectivity index (χ1) is 8.59. The van der Waals surface area contributed by atoms with Gasteiger partial charge in [0.1, 0.15) is 0 Å². The van der Waals surface area contributed by atoms with Crippen LogP contribution in [0.5, 0.6) is 0 Å². The largest absolute Gasteiger partial charge is 0.385 e. The molecule has 2 heteroatoms. The molecule has 1 saturated carbocycles. The molecule has 1 atom stereocenters. The Kier molecular flexibility index (Phi) is 7.25. The Labute approximate surface area is 114 Å². The van der Waals surface area contributed by atoms with E-state index in [-0.39, 0.29) is 0 Å². The van der Waals surface area contributed by atoms with E-state index >= 15 is 0 Å². The average molecular weight is 255 g/mol. The highest BCUT2D eigenvalue weighted by Crippen LogP contribution is 2.39. The Morgan fingerprint density at radius 2 is 1.94 bits per heavy atom. The van der Waals surface area contributed by atoms with Crippen molar-refractivity contribution in [2.24, 2.45) is 11.3 Å². The molecule has 0 spiro atoms. The molecule has 1 fully saturated rings. The summed E-state index contributed by atoms with van der Waals surface area (Å²) in [6, 6.07) is 0.719. The maximum atomic E-state index is 5.19. The van der Waals surface area contributed by atoms with Crippen molar-refractivity contribution in [1.29, 1.82) is 0 Å². The van der Waals surface area contributed by atoms with E-state index in [1.54, 1.807) is 7.11 Å². The zero-order valence-electron chi connectivity index (χ0n) is 12.9. The Bertz CT molecular complexity index is 205. The Morgan fingerprint density at radius 3 is 2.50 bits per heavy atom. The van der Waals surface area contributed by atoms with E-state index in [9.17, 15) is 0 Å². The second kappa shape index (κ2) is 8.16. The van der Waals surface area contributed by atoms with Gasteiger partial charge in [0.25, 0.3) is 0 Å². The summed E-state index contributed by atoms with van der Waals surface area (Å²) in [6.45, 7) is 9.16. The van der Waals surface area contributed by atoms with Gasteiger partial charge in [-0.3, -0.25) is 0 Å². The maximum absolute atomic E-state index is 5.19. The smallest absolute Gasteiger partial charge is 0.0462 e. The SMILES string of the molecule is CCCNC(CCCOC)C1CCC(C)(C)CC1. The lowest BCUT2D eigenvalue weighted by molar-refractivity contribution is 0.144. The number of hydrogen-bond donors (Lipinski definition) is 1. The van der Waals surface area contributed by atoms with Crippen molar-refractivity contribution in [2.75, 3.05) is 20.3 Å². The molecule has 1 rings (SSSR count). The zero-order valence-corrected chi connectivity index (χ0v) is 12.9. The molecule has 0 bridgehead atoms. The van der Waals surface area contributed by atoms with Crippen LogP contribution in [0.4, 0.5) is 0 Å². The minimum absolute atomic E-state index is 0.582. The summed E-state index contributed by atoms with van der Waals surface area (Å²) in [7, 11) is 1.80. The molecule has 2 nitrogen and oxygen atoms in total. The quantitative estimate of drug-likeness (QED) is 0.662. The highest BCUT2D eigenvalue weighted by Gasteiger charge is 2.30. The maximum Gasteiger partial charge on any atom is 0.0462 e. The van der Waals surface area contributed by atoms with Crippen LogP contribution in [-0.4, -0.2) is 26.3 Å². The summed E-state index contributed by atoms with van der Waals surface area (Å²) >= 11 is 0. The molecule has 1 aliphatic rings. The van der Waals surface area contributed by atoms with Crippen molar-refractivity contribution in [2.45, 2.75) is 71.8 Å². The fraction of sp³-hybridized carbons (Fsp3) is 1.00. The summed E-state index contributed by atoms with van der Waals surface area (Å²) in [5.74, 6) is 0.890. The molecule has 108 valence electrons. The lowest BCUT2D eigenvalue weighted by Crippen LogP contribution is -2.39. The second-order valence-corrected chi connectivity index (χ2v) is 6.70. The molecule has 0 aromatic carbocycles. The molecule has 0 aromatic rings. The first-order valence-corrected chi connectivity index (χ1v) is 7.81. The summed E-state index contributed by atoms with van der Waals surface area (Å²) in [5, 5.41) is 3.77. The van der Waals surface area contributed by atoms with Crippen LogP contribution in [0, 0.1) is 11.3 Å². The highest BCUT2D eigenvalue weighted by atomic mass is 16.5. The Morgan fingerprint density at radius 1 is 1.28 bits per heavy atom. The van der Waals surface area contributed by atoms with Crippen molar-refractivity contribution in [1.82, 2.24) is 5.32 Å². The minimum Gasteiger partial charge on any atom is -0.385 e. The fourth-order valence-corrected chi connectivity index (χ4v) is 3.11. The first kappa shape index (κ1) is 16.0. The van der Waals surface area contributed by atoms with E-state index in [1.807, 2.05) is 0 Å². The van der Waals surface area contributed by atoms with Gasteiger partial charge in [0.2, 0.25) is 0 Å². The van der Waals surface area contributed by atoms with Crippen LogP contribution >= 0.6 is 0 Å². The van der Waals surface area contributed by atoms with Crippen molar-refractivity contribution >= 4 is 0 Å². The molecule has 0 saturated heterocycles. The lowest BCUT2D eigenvalue weighted by Gasteiger charge is -2.38. The van der Waals surface area contributed by atoms with Crippen LogP contribution in [0.15, 0.2) is 0 Å². The van der Waals surface area contributed by atoms with Gasteiger partial charge in [0, 0.05) is 19.8 Å². The fourth-order valence-electron chi connectivity index (χ4n) is 3.11. The van der Waals surface area contributed by atoms with Crippen LogP contribution in [0.25, 0.3) is 0 Å². The van der Waals surface area contributed by atoms with Gasteiger partial charge < -0.3 is 10.1 Å². The Hall–Kier alpha value is -0.0800. The van der Waals surface area contributed by atoms with Gasteiger partial charge in [0.15, 0.2) is 0 Å². The number of hydrogen-bond acceptors (Lipinski definition) is 2. The van der Waals surface area contributed by atoms with Gasteiger partial charge in [-0.05, 0) is 62.8 Å². The average Bonchev–Trinajstić information content (AvgIpc) is 2.34. The van der Waals surface area contributed by atoms with E-state index in [0.29, 0.717) is 5.41 Å². The minimum atomic E-state index is 0.582. The summed E-state index contributed by atoms with van der Waals surface area (Å²) < 4.78 is 5.19. The third-order valence-corrected chi connectivity index (χ3v) is 4.47. The molecule has 18 heavy (non-hydrogen) atoms. The van der Waals surface area contributed by atoms with E-state index in [1.165, 1.54) is 44.9 Å². The van der Waals surface area contributed by atoms with Crippen molar-refractivity contribution in [3.8, 4) is 0 Å². The van der Waals surface area contributed by atoms with Crippen LogP contribution in [0.2, 0.25) is 0 Å². The van der Waals surface area contributed by atoms with Crippen LogP contribution < -0.4 is 5.32 Å². The predicted octanol–water partition coefficient (Wildman–Crippen LogP) is 4.00. The van der Waals surface area contributed by atoms with Gasteiger partial charge >= 0.3 is 0 Å². The summed E-state index contributed by atoms with van der Waals surface area (Å²) in [4.78, 5) is 0. The number of ether oxygens (including phenoxy) is 1. The predicted molar refractivity (Wildman–Crippen MR) is 78.9 cm³/mol. The van der Waals surface area contributed by atoms with Gasteiger partial charge in [-0.15, -0.1) is 0 Å². The van der Waals surface area contributed by atoms with E-state index in [2.05, 4.69) is 26.1 Å². The third kappa shape index (κ3) is 5.71. The standard InChI is InChI=1S/C16H33NO/c1-5-12-17-15(7-6-13-18-4)14-8-10-16(2,3)11-9-14/h14-15,17H,5-13H2,1-4H3. The molecule has 1 N–H and O–H groups in total. The van der Waals surface area contributed by atoms with Gasteiger partial charge in [0.05, 0.1) is 0 Å². The van der Waals surface area contributed by atoms with Crippen molar-refractivity contribution in [3.05, 3.63) is 0 Å². The normalized spacial score (nSPS) is 22.0. The highest BCUT2D eigenvalue weighted by molar-refractivity contribution is 4.85. The molecule has 0 aromatic heterocycles. The van der Waals surface area contributed by atoms with Crippen LogP contribution in [0.3, 0.4) is 0 Å². The molecule has 0 aliphatic heterocycles. The molecule has 0 radical (unpaired) electrons. The number of methoxy groups -OCH3 is 1. The second-order valence-electron chi connectivity index (χ2n) is 6.70.